The fourth-order valence-corrected chi connectivity index (χ4v) is 3.11. The minimum Gasteiger partial charge on any atom is -0.462 e. The summed E-state index contributed by atoms with van der Waals surface area (Å²) in [6.07, 6.45) is 1.35. The van der Waals surface area contributed by atoms with E-state index in [9.17, 15) is 4.79 Å². The first-order chi connectivity index (χ1) is 8.65. The van der Waals surface area contributed by atoms with Gasteiger partial charge in [-0.1, -0.05) is 21.1 Å². The number of nitrogens with zero attached hydrogens (tertiary/aromatic N) is 1. The maximum Gasteiger partial charge on any atom is 0.348 e. The number of fused-ring (bicyclic) bond motifs is 1. The summed E-state index contributed by atoms with van der Waals surface area (Å²) in [4.78, 5) is 12.2. The van der Waals surface area contributed by atoms with Gasteiger partial charge in [0.25, 0.3) is 0 Å². The third-order valence-corrected chi connectivity index (χ3v) is 3.92. The lowest BCUT2D eigenvalue weighted by molar-refractivity contribution is 0.0532. The smallest absolute Gasteiger partial charge is 0.348 e. The number of carbonyl (C=O) groups is 1. The molecule has 2 rings (SSSR count). The Kier molecular flexibility index (Phi) is 3.98. The first kappa shape index (κ1) is 13.0. The van der Waals surface area contributed by atoms with Crippen LogP contribution in [0.25, 0.3) is 10.1 Å². The average molecular weight is 328 g/mol. The molecule has 0 saturated heterocycles. The minimum atomic E-state index is -0.332. The van der Waals surface area contributed by atoms with Gasteiger partial charge in [0.2, 0.25) is 0 Å². The molecule has 0 aliphatic carbocycles. The maximum absolute atomic E-state index is 11.7. The molecule has 1 aromatic heterocycles. The second-order valence-corrected chi connectivity index (χ2v) is 5.46. The fourth-order valence-electron chi connectivity index (χ4n) is 1.60. The molecule has 0 saturated carbocycles. The molecule has 0 atom stereocenters. The number of ether oxygens (including phenoxy) is 1. The van der Waals surface area contributed by atoms with Gasteiger partial charge in [-0.25, -0.2) is 4.79 Å². The molecule has 0 unspecified atom stereocenters. The molecule has 1 aromatic carbocycles. The van der Waals surface area contributed by atoms with E-state index in [-0.39, 0.29) is 5.97 Å². The van der Waals surface area contributed by atoms with Crippen LogP contribution in [-0.2, 0) is 4.74 Å². The van der Waals surface area contributed by atoms with E-state index in [4.69, 9.17) is 9.94 Å². The Labute approximate surface area is 116 Å². The van der Waals surface area contributed by atoms with Crippen molar-refractivity contribution in [1.82, 2.24) is 0 Å². The number of esters is 1. The molecule has 1 N–H and O–H groups in total. The Balaban J connectivity index is 2.56. The molecule has 2 aromatic rings. The van der Waals surface area contributed by atoms with Crippen molar-refractivity contribution in [3.8, 4) is 0 Å². The van der Waals surface area contributed by atoms with Crippen LogP contribution < -0.4 is 0 Å². The maximum atomic E-state index is 11.7. The number of thiophene rings is 1. The third-order valence-electron chi connectivity index (χ3n) is 2.28. The van der Waals surface area contributed by atoms with Gasteiger partial charge in [0.15, 0.2) is 0 Å². The molecule has 1 heterocycles. The van der Waals surface area contributed by atoms with Crippen LogP contribution >= 0.6 is 27.3 Å². The topological polar surface area (TPSA) is 58.9 Å². The molecule has 6 heteroatoms. The lowest BCUT2D eigenvalue weighted by Crippen LogP contribution is -2.01. The van der Waals surface area contributed by atoms with Gasteiger partial charge >= 0.3 is 5.97 Å². The molecule has 0 aliphatic rings. The van der Waals surface area contributed by atoms with Gasteiger partial charge < -0.3 is 9.94 Å². The number of carbonyl (C=O) groups excluding carboxylic acids is 1. The average Bonchev–Trinajstić information content (AvgIpc) is 2.73. The summed E-state index contributed by atoms with van der Waals surface area (Å²) in [5, 5.41) is 12.6. The van der Waals surface area contributed by atoms with Gasteiger partial charge in [-0.3, -0.25) is 0 Å². The van der Waals surface area contributed by atoms with Gasteiger partial charge in [-0.2, -0.15) is 0 Å². The van der Waals surface area contributed by atoms with E-state index in [1.165, 1.54) is 17.6 Å². The summed E-state index contributed by atoms with van der Waals surface area (Å²) in [5.41, 5.74) is 0.752. The summed E-state index contributed by atoms with van der Waals surface area (Å²) in [6.45, 7) is 2.12. The lowest BCUT2D eigenvalue weighted by atomic mass is 10.2. The van der Waals surface area contributed by atoms with E-state index in [1.54, 1.807) is 13.0 Å². The van der Waals surface area contributed by atoms with Crippen LogP contribution in [0.3, 0.4) is 0 Å². The molecule has 0 bridgehead atoms. The Bertz CT molecular complexity index is 621. The summed E-state index contributed by atoms with van der Waals surface area (Å²) < 4.78 is 6.71. The van der Waals surface area contributed by atoms with Gasteiger partial charge in [-0.15, -0.1) is 11.3 Å². The predicted octanol–water partition coefficient (Wildman–Crippen LogP) is 3.65. The van der Waals surface area contributed by atoms with Crippen molar-refractivity contribution < 1.29 is 14.7 Å². The van der Waals surface area contributed by atoms with Crippen LogP contribution in [0.1, 0.15) is 22.2 Å². The van der Waals surface area contributed by atoms with E-state index < -0.39 is 0 Å². The molecular formula is C12H10BrNO3S. The highest BCUT2D eigenvalue weighted by Gasteiger charge is 2.13. The van der Waals surface area contributed by atoms with Gasteiger partial charge in [0.1, 0.15) is 4.88 Å². The first-order valence-corrected chi connectivity index (χ1v) is 6.84. The predicted molar refractivity (Wildman–Crippen MR) is 74.9 cm³/mol. The van der Waals surface area contributed by atoms with Crippen molar-refractivity contribution >= 4 is 49.5 Å². The van der Waals surface area contributed by atoms with Crippen molar-refractivity contribution in [3.05, 3.63) is 33.1 Å². The number of oxime groups is 1. The van der Waals surface area contributed by atoms with Crippen molar-refractivity contribution in [2.24, 2.45) is 5.16 Å². The monoisotopic (exact) mass is 327 g/mol. The largest absolute Gasteiger partial charge is 0.462 e. The van der Waals surface area contributed by atoms with E-state index in [0.29, 0.717) is 11.5 Å². The van der Waals surface area contributed by atoms with E-state index >= 15 is 0 Å². The highest BCUT2D eigenvalue weighted by Crippen LogP contribution is 2.31. The fraction of sp³-hybridized carbons (Fsp3) is 0.167. The zero-order chi connectivity index (χ0) is 13.1. The Hall–Kier alpha value is -1.40. The van der Waals surface area contributed by atoms with Gasteiger partial charge in [-0.05, 0) is 30.5 Å². The molecule has 18 heavy (non-hydrogen) atoms. The summed E-state index contributed by atoms with van der Waals surface area (Å²) in [6, 6.07) is 5.51. The number of rotatable bonds is 3. The highest BCUT2D eigenvalue weighted by molar-refractivity contribution is 9.10. The quantitative estimate of drug-likeness (QED) is 0.405. The van der Waals surface area contributed by atoms with Crippen LogP contribution in [0.4, 0.5) is 0 Å². The standard InChI is InChI=1S/C12H10BrNO3S/c1-2-17-12(15)10-5-7-3-9(13)4-8(6-14-16)11(7)18-10/h3-6,16H,2H2,1H3. The van der Waals surface area contributed by atoms with Crippen LogP contribution in [0.5, 0.6) is 0 Å². The number of hydrogen-bond acceptors (Lipinski definition) is 5. The lowest BCUT2D eigenvalue weighted by Gasteiger charge is -1.97. The van der Waals surface area contributed by atoms with Crippen LogP contribution in [0.15, 0.2) is 27.8 Å². The third kappa shape index (κ3) is 2.54. The summed E-state index contributed by atoms with van der Waals surface area (Å²) in [7, 11) is 0. The Morgan fingerprint density at radius 2 is 2.33 bits per heavy atom. The minimum absolute atomic E-state index is 0.332. The SMILES string of the molecule is CCOC(=O)c1cc2cc(Br)cc(C=NO)c2s1. The number of benzene rings is 1. The molecule has 0 spiro atoms. The second-order valence-electron chi connectivity index (χ2n) is 3.49. The van der Waals surface area contributed by atoms with Crippen molar-refractivity contribution in [3.63, 3.8) is 0 Å². The first-order valence-electron chi connectivity index (χ1n) is 5.23. The zero-order valence-electron chi connectivity index (χ0n) is 9.51. The highest BCUT2D eigenvalue weighted by atomic mass is 79.9. The van der Waals surface area contributed by atoms with Crippen LogP contribution in [0.2, 0.25) is 0 Å². The molecular weight excluding hydrogens is 318 g/mol. The van der Waals surface area contributed by atoms with E-state index in [1.807, 2.05) is 12.1 Å². The van der Waals surface area contributed by atoms with Crippen LogP contribution in [-0.4, -0.2) is 24.0 Å². The molecule has 0 fully saturated rings. The van der Waals surface area contributed by atoms with Crippen molar-refractivity contribution in [1.29, 1.82) is 0 Å². The normalized spacial score (nSPS) is 11.2. The number of halogens is 1. The molecule has 0 aliphatic heterocycles. The van der Waals surface area contributed by atoms with Gasteiger partial charge in [0.05, 0.1) is 12.8 Å². The van der Waals surface area contributed by atoms with E-state index in [0.717, 1.165) is 20.1 Å². The summed E-state index contributed by atoms with van der Waals surface area (Å²) >= 11 is 4.70. The van der Waals surface area contributed by atoms with Crippen LogP contribution in [0, 0.1) is 0 Å². The van der Waals surface area contributed by atoms with Crippen molar-refractivity contribution in [2.75, 3.05) is 6.61 Å². The molecule has 94 valence electrons. The molecule has 4 nitrogen and oxygen atoms in total. The van der Waals surface area contributed by atoms with Crippen molar-refractivity contribution in [2.45, 2.75) is 6.92 Å². The second kappa shape index (κ2) is 5.49. The number of hydrogen-bond donors (Lipinski definition) is 1. The molecule has 0 amide bonds. The summed E-state index contributed by atoms with van der Waals surface area (Å²) in [5.74, 6) is -0.332. The zero-order valence-corrected chi connectivity index (χ0v) is 11.9. The Morgan fingerprint density at radius 1 is 1.56 bits per heavy atom. The Morgan fingerprint density at radius 3 is 3.00 bits per heavy atom. The van der Waals surface area contributed by atoms with E-state index in [2.05, 4.69) is 21.1 Å². The van der Waals surface area contributed by atoms with Gasteiger partial charge in [0, 0.05) is 14.7 Å². The molecule has 0 radical (unpaired) electrons.